The molecule has 0 unspecified atom stereocenters. The number of benzene rings is 2. The fraction of sp³-hybridized carbons (Fsp3) is 0.0667. The van der Waals surface area contributed by atoms with Crippen molar-refractivity contribution in [2.75, 3.05) is 7.11 Å². The van der Waals surface area contributed by atoms with Crippen LogP contribution in [0.25, 0.3) is 12.2 Å². The first-order chi connectivity index (χ1) is 9.10. The van der Waals surface area contributed by atoms with Crippen molar-refractivity contribution in [2.24, 2.45) is 0 Å². The van der Waals surface area contributed by atoms with Crippen LogP contribution in [0.1, 0.15) is 11.1 Å². The van der Waals surface area contributed by atoms with Crippen LogP contribution < -0.4 is 4.74 Å². The molecular weight excluding hydrogens is 314 g/mol. The second kappa shape index (κ2) is 5.97. The maximum absolute atomic E-state index is 13.3. The molecule has 0 radical (unpaired) electrons. The van der Waals surface area contributed by atoms with E-state index in [1.54, 1.807) is 19.3 Å². The summed E-state index contributed by atoms with van der Waals surface area (Å²) in [6.07, 6.45) is 3.43. The highest BCUT2D eigenvalue weighted by Crippen LogP contribution is 2.22. The fourth-order valence-electron chi connectivity index (χ4n) is 1.58. The number of hydrogen-bond donors (Lipinski definition) is 0. The van der Waals surface area contributed by atoms with Crippen LogP contribution in [0.2, 0.25) is 0 Å². The Bertz CT molecular complexity index is 583. The summed E-state index contributed by atoms with van der Waals surface area (Å²) in [5.74, 6) is -0.471. The van der Waals surface area contributed by atoms with Crippen molar-refractivity contribution in [2.45, 2.75) is 0 Å². The van der Waals surface area contributed by atoms with Crippen molar-refractivity contribution in [1.82, 2.24) is 0 Å². The highest BCUT2D eigenvalue weighted by atomic mass is 79.9. The molecule has 0 aliphatic rings. The summed E-state index contributed by atoms with van der Waals surface area (Å²) < 4.78 is 31.6. The Kier molecular flexibility index (Phi) is 4.32. The van der Waals surface area contributed by atoms with Gasteiger partial charge in [0.2, 0.25) is 0 Å². The van der Waals surface area contributed by atoms with Crippen molar-refractivity contribution in [3.05, 3.63) is 63.6 Å². The zero-order valence-electron chi connectivity index (χ0n) is 10.2. The first kappa shape index (κ1) is 13.7. The first-order valence-corrected chi connectivity index (χ1v) is 6.36. The van der Waals surface area contributed by atoms with Crippen LogP contribution in [0.3, 0.4) is 0 Å². The summed E-state index contributed by atoms with van der Waals surface area (Å²) in [6.45, 7) is 0. The lowest BCUT2D eigenvalue weighted by Crippen LogP contribution is -1.86. The van der Waals surface area contributed by atoms with E-state index in [9.17, 15) is 8.78 Å². The molecule has 2 aromatic rings. The number of methoxy groups -OCH3 is 1. The van der Waals surface area contributed by atoms with Crippen LogP contribution in [0, 0.1) is 11.6 Å². The van der Waals surface area contributed by atoms with Gasteiger partial charge in [-0.05, 0) is 51.3 Å². The quantitative estimate of drug-likeness (QED) is 0.576. The molecule has 19 heavy (non-hydrogen) atoms. The van der Waals surface area contributed by atoms with Gasteiger partial charge in [0, 0.05) is 0 Å². The lowest BCUT2D eigenvalue weighted by molar-refractivity contribution is 0.415. The normalized spacial score (nSPS) is 10.9. The second-order valence-corrected chi connectivity index (χ2v) is 4.70. The van der Waals surface area contributed by atoms with E-state index < -0.39 is 11.6 Å². The molecule has 4 heteroatoms. The van der Waals surface area contributed by atoms with Gasteiger partial charge in [-0.1, -0.05) is 24.3 Å². The van der Waals surface area contributed by atoms with Gasteiger partial charge in [-0.2, -0.15) is 0 Å². The first-order valence-electron chi connectivity index (χ1n) is 5.57. The number of hydrogen-bond acceptors (Lipinski definition) is 1. The summed E-state index contributed by atoms with van der Waals surface area (Å²) in [5, 5.41) is 0. The Balaban J connectivity index is 2.22. The molecule has 98 valence electrons. The summed E-state index contributed by atoms with van der Waals surface area (Å²) in [4.78, 5) is 0. The van der Waals surface area contributed by atoms with Crippen LogP contribution in [0.5, 0.6) is 5.75 Å². The van der Waals surface area contributed by atoms with E-state index in [4.69, 9.17) is 4.74 Å². The van der Waals surface area contributed by atoms with Gasteiger partial charge in [0.1, 0.15) is 17.4 Å². The van der Waals surface area contributed by atoms with E-state index in [1.165, 1.54) is 12.1 Å². The van der Waals surface area contributed by atoms with Gasteiger partial charge in [0.15, 0.2) is 0 Å². The van der Waals surface area contributed by atoms with Crippen LogP contribution in [0.15, 0.2) is 40.9 Å². The van der Waals surface area contributed by atoms with Crippen molar-refractivity contribution >= 4 is 28.1 Å². The Hall–Kier alpha value is -1.68. The molecular formula is C15H11BrF2O. The smallest absolute Gasteiger partial charge is 0.140 e. The van der Waals surface area contributed by atoms with Crippen molar-refractivity contribution in [3.8, 4) is 5.75 Å². The predicted molar refractivity (Wildman–Crippen MR) is 76.0 cm³/mol. The monoisotopic (exact) mass is 324 g/mol. The predicted octanol–water partition coefficient (Wildman–Crippen LogP) is 4.91. The standard InChI is InChI=1S/C15H11BrF2O/c1-19-12-6-4-10(5-7-12)2-3-11-8-13(17)15(16)14(18)9-11/h2-9H,1H3. The Morgan fingerprint density at radius 2 is 1.47 bits per heavy atom. The van der Waals surface area contributed by atoms with Crippen LogP contribution in [0.4, 0.5) is 8.78 Å². The topological polar surface area (TPSA) is 9.23 Å². The van der Waals surface area contributed by atoms with Crippen molar-refractivity contribution in [1.29, 1.82) is 0 Å². The molecule has 2 aromatic carbocycles. The van der Waals surface area contributed by atoms with E-state index in [0.717, 1.165) is 11.3 Å². The minimum atomic E-state index is -0.616. The Morgan fingerprint density at radius 3 is 2.00 bits per heavy atom. The molecule has 0 saturated heterocycles. The molecule has 0 fully saturated rings. The van der Waals surface area contributed by atoms with Gasteiger partial charge >= 0.3 is 0 Å². The molecule has 1 nitrogen and oxygen atoms in total. The molecule has 0 aliphatic carbocycles. The zero-order chi connectivity index (χ0) is 13.8. The minimum Gasteiger partial charge on any atom is -0.497 e. The maximum atomic E-state index is 13.3. The van der Waals surface area contributed by atoms with E-state index in [2.05, 4.69) is 15.9 Å². The lowest BCUT2D eigenvalue weighted by Gasteiger charge is -2.01. The van der Waals surface area contributed by atoms with E-state index in [1.807, 2.05) is 24.3 Å². The maximum Gasteiger partial charge on any atom is 0.140 e. The van der Waals surface area contributed by atoms with E-state index >= 15 is 0 Å². The van der Waals surface area contributed by atoms with Crippen molar-refractivity contribution in [3.63, 3.8) is 0 Å². The van der Waals surface area contributed by atoms with E-state index in [0.29, 0.717) is 5.56 Å². The summed E-state index contributed by atoms with van der Waals surface area (Å²) >= 11 is 2.84. The fourth-order valence-corrected chi connectivity index (χ4v) is 1.81. The summed E-state index contributed by atoms with van der Waals surface area (Å²) in [6, 6.07) is 9.91. The Labute approximate surface area is 118 Å². The highest BCUT2D eigenvalue weighted by Gasteiger charge is 2.06. The van der Waals surface area contributed by atoms with Gasteiger partial charge in [0.05, 0.1) is 11.6 Å². The van der Waals surface area contributed by atoms with Gasteiger partial charge in [-0.3, -0.25) is 0 Å². The van der Waals surface area contributed by atoms with Crippen LogP contribution >= 0.6 is 15.9 Å². The molecule has 0 saturated carbocycles. The van der Waals surface area contributed by atoms with Crippen LogP contribution in [-0.2, 0) is 0 Å². The van der Waals surface area contributed by atoms with Crippen molar-refractivity contribution < 1.29 is 13.5 Å². The third kappa shape index (κ3) is 3.41. The average molecular weight is 325 g/mol. The zero-order valence-corrected chi connectivity index (χ0v) is 11.7. The van der Waals surface area contributed by atoms with Crippen LogP contribution in [-0.4, -0.2) is 7.11 Å². The summed E-state index contributed by atoms with van der Waals surface area (Å²) in [7, 11) is 1.60. The van der Waals surface area contributed by atoms with E-state index in [-0.39, 0.29) is 4.47 Å². The molecule has 0 N–H and O–H groups in total. The average Bonchev–Trinajstić information content (AvgIpc) is 2.43. The minimum absolute atomic E-state index is 0.144. The molecule has 0 aromatic heterocycles. The van der Waals surface area contributed by atoms with Gasteiger partial charge < -0.3 is 4.74 Å². The van der Waals surface area contributed by atoms with Gasteiger partial charge in [-0.15, -0.1) is 0 Å². The summed E-state index contributed by atoms with van der Waals surface area (Å²) in [5.41, 5.74) is 1.39. The molecule has 0 amide bonds. The SMILES string of the molecule is COc1ccc(C=Cc2cc(F)c(Br)c(F)c2)cc1. The number of rotatable bonds is 3. The molecule has 0 spiro atoms. The molecule has 0 bridgehead atoms. The third-order valence-electron chi connectivity index (χ3n) is 2.59. The molecule has 0 heterocycles. The molecule has 0 atom stereocenters. The Morgan fingerprint density at radius 1 is 0.947 bits per heavy atom. The number of ether oxygens (including phenoxy) is 1. The highest BCUT2D eigenvalue weighted by molar-refractivity contribution is 9.10. The number of halogens is 3. The third-order valence-corrected chi connectivity index (χ3v) is 3.35. The van der Waals surface area contributed by atoms with Gasteiger partial charge in [-0.25, -0.2) is 8.78 Å². The lowest BCUT2D eigenvalue weighted by atomic mass is 10.1. The molecule has 2 rings (SSSR count). The van der Waals surface area contributed by atoms with Gasteiger partial charge in [0.25, 0.3) is 0 Å². The second-order valence-electron chi connectivity index (χ2n) is 3.91. The largest absolute Gasteiger partial charge is 0.497 e. The molecule has 0 aliphatic heterocycles.